The lowest BCUT2D eigenvalue weighted by atomic mass is 10.2. The zero-order valence-corrected chi connectivity index (χ0v) is 10.3. The first-order valence-electron chi connectivity index (χ1n) is 5.33. The van der Waals surface area contributed by atoms with Crippen LogP contribution in [0.3, 0.4) is 0 Å². The molecule has 0 aliphatic heterocycles. The number of aromatic nitrogens is 3. The summed E-state index contributed by atoms with van der Waals surface area (Å²) in [7, 11) is 0. The van der Waals surface area contributed by atoms with E-state index in [0.29, 0.717) is 0 Å². The fourth-order valence-corrected chi connectivity index (χ4v) is 2.42. The molecule has 5 nitrogen and oxygen atoms in total. The van der Waals surface area contributed by atoms with Crippen LogP contribution in [0.15, 0.2) is 18.6 Å². The zero-order chi connectivity index (χ0) is 12.3. The van der Waals surface area contributed by atoms with Crippen molar-refractivity contribution in [1.29, 1.82) is 5.41 Å². The molecule has 0 spiro atoms. The molecule has 88 valence electrons. The minimum absolute atomic E-state index is 0.0705. The lowest BCUT2D eigenvalue weighted by Gasteiger charge is -1.96. The molecule has 0 saturated carbocycles. The van der Waals surface area contributed by atoms with Crippen molar-refractivity contribution in [3.63, 3.8) is 0 Å². The number of thiazole rings is 1. The maximum Gasteiger partial charge on any atom is 0.144 e. The molecule has 0 aromatic carbocycles. The van der Waals surface area contributed by atoms with Crippen LogP contribution in [0.5, 0.6) is 0 Å². The van der Waals surface area contributed by atoms with Crippen molar-refractivity contribution in [1.82, 2.24) is 15.0 Å². The molecular formula is C11H13N5S. The van der Waals surface area contributed by atoms with E-state index in [0.717, 1.165) is 34.1 Å². The van der Waals surface area contributed by atoms with Gasteiger partial charge in [0.05, 0.1) is 16.8 Å². The number of nitrogens with zero attached hydrogens (tertiary/aromatic N) is 3. The smallest absolute Gasteiger partial charge is 0.144 e. The minimum atomic E-state index is 0.0705. The first-order chi connectivity index (χ1) is 8.22. The van der Waals surface area contributed by atoms with Gasteiger partial charge in [-0.25, -0.2) is 4.98 Å². The van der Waals surface area contributed by atoms with Gasteiger partial charge in [0.25, 0.3) is 0 Å². The summed E-state index contributed by atoms with van der Waals surface area (Å²) in [6.07, 6.45) is 6.72. The molecule has 2 heterocycles. The van der Waals surface area contributed by atoms with Gasteiger partial charge < -0.3 is 5.73 Å². The van der Waals surface area contributed by atoms with Crippen LogP contribution in [0.4, 0.5) is 0 Å². The number of amidine groups is 1. The Kier molecular flexibility index (Phi) is 3.43. The van der Waals surface area contributed by atoms with Gasteiger partial charge in [-0.05, 0) is 6.42 Å². The van der Waals surface area contributed by atoms with Gasteiger partial charge in [0.1, 0.15) is 16.5 Å². The van der Waals surface area contributed by atoms with Crippen molar-refractivity contribution < 1.29 is 0 Å². The van der Waals surface area contributed by atoms with E-state index >= 15 is 0 Å². The van der Waals surface area contributed by atoms with E-state index in [1.54, 1.807) is 18.6 Å². The largest absolute Gasteiger partial charge is 0.383 e. The number of nitrogens with one attached hydrogen (secondary N) is 1. The van der Waals surface area contributed by atoms with Crippen LogP contribution in [0.2, 0.25) is 0 Å². The highest BCUT2D eigenvalue weighted by Crippen LogP contribution is 2.26. The molecular weight excluding hydrogens is 234 g/mol. The van der Waals surface area contributed by atoms with Gasteiger partial charge in [0, 0.05) is 12.4 Å². The topological polar surface area (TPSA) is 88.5 Å². The van der Waals surface area contributed by atoms with Gasteiger partial charge in [-0.2, -0.15) is 0 Å². The third-order valence-corrected chi connectivity index (χ3v) is 3.36. The lowest BCUT2D eigenvalue weighted by Crippen LogP contribution is -2.11. The fraction of sp³-hybridized carbons (Fsp3) is 0.273. The average molecular weight is 247 g/mol. The predicted molar refractivity (Wildman–Crippen MR) is 68.2 cm³/mol. The Bertz CT molecular complexity index is 520. The molecule has 0 atom stereocenters. The summed E-state index contributed by atoms with van der Waals surface area (Å²) in [5.41, 5.74) is 7.16. The summed E-state index contributed by atoms with van der Waals surface area (Å²) in [5, 5.41) is 8.31. The highest BCUT2D eigenvalue weighted by Gasteiger charge is 2.14. The van der Waals surface area contributed by atoms with Gasteiger partial charge in [-0.15, -0.1) is 11.3 Å². The molecule has 2 rings (SSSR count). The minimum Gasteiger partial charge on any atom is -0.383 e. The Morgan fingerprint density at radius 3 is 2.88 bits per heavy atom. The second-order valence-electron chi connectivity index (χ2n) is 3.55. The normalized spacial score (nSPS) is 10.4. The molecule has 0 bridgehead atoms. The van der Waals surface area contributed by atoms with Crippen molar-refractivity contribution in [2.75, 3.05) is 0 Å². The third-order valence-electron chi connectivity index (χ3n) is 2.21. The molecule has 2 aromatic rings. The van der Waals surface area contributed by atoms with Crippen LogP contribution < -0.4 is 5.73 Å². The van der Waals surface area contributed by atoms with Gasteiger partial charge in [0.2, 0.25) is 0 Å². The number of nitrogen functional groups attached to an aromatic ring is 1. The monoisotopic (exact) mass is 247 g/mol. The second-order valence-corrected chi connectivity index (χ2v) is 4.55. The molecule has 2 aromatic heterocycles. The van der Waals surface area contributed by atoms with Crippen molar-refractivity contribution in [2.45, 2.75) is 19.8 Å². The maximum absolute atomic E-state index is 7.54. The molecule has 0 amide bonds. The summed E-state index contributed by atoms with van der Waals surface area (Å²) >= 11 is 1.40. The Hall–Kier alpha value is -1.82. The SMILES string of the molecule is CCCc1nc(-c2cnccn2)sc1C(=N)N. The van der Waals surface area contributed by atoms with Crippen LogP contribution >= 0.6 is 11.3 Å². The van der Waals surface area contributed by atoms with Gasteiger partial charge in [-0.1, -0.05) is 13.3 Å². The Morgan fingerprint density at radius 1 is 1.47 bits per heavy atom. The Balaban J connectivity index is 2.44. The molecule has 0 radical (unpaired) electrons. The number of hydrogen-bond donors (Lipinski definition) is 2. The molecule has 0 saturated heterocycles. The summed E-state index contributed by atoms with van der Waals surface area (Å²) in [5.74, 6) is 0.0705. The number of nitrogens with two attached hydrogens (primary N) is 1. The van der Waals surface area contributed by atoms with Gasteiger partial charge in [0.15, 0.2) is 0 Å². The van der Waals surface area contributed by atoms with Crippen LogP contribution in [-0.4, -0.2) is 20.8 Å². The zero-order valence-electron chi connectivity index (χ0n) is 9.47. The summed E-state index contributed by atoms with van der Waals surface area (Å²) < 4.78 is 0. The molecule has 0 unspecified atom stereocenters. The molecule has 0 fully saturated rings. The van der Waals surface area contributed by atoms with E-state index < -0.39 is 0 Å². The van der Waals surface area contributed by atoms with Crippen LogP contribution in [0.1, 0.15) is 23.9 Å². The highest BCUT2D eigenvalue weighted by atomic mass is 32.1. The quantitative estimate of drug-likeness (QED) is 0.637. The maximum atomic E-state index is 7.54. The number of aryl methyl sites for hydroxylation is 1. The first-order valence-corrected chi connectivity index (χ1v) is 6.14. The van der Waals surface area contributed by atoms with Gasteiger partial charge in [-0.3, -0.25) is 15.4 Å². The molecule has 0 aliphatic carbocycles. The van der Waals surface area contributed by atoms with Crippen LogP contribution in [0, 0.1) is 5.41 Å². The standard InChI is InChI=1S/C11H13N5S/c1-2-3-7-9(10(12)13)17-11(16-7)8-6-14-4-5-15-8/h4-6H,2-3H2,1H3,(H3,12,13). The molecule has 6 heteroatoms. The second kappa shape index (κ2) is 5.01. The van der Waals surface area contributed by atoms with Crippen LogP contribution in [0.25, 0.3) is 10.7 Å². The Labute approximate surface area is 103 Å². The van der Waals surface area contributed by atoms with E-state index in [9.17, 15) is 0 Å². The van der Waals surface area contributed by atoms with E-state index in [-0.39, 0.29) is 5.84 Å². The van der Waals surface area contributed by atoms with E-state index in [2.05, 4.69) is 21.9 Å². The summed E-state index contributed by atoms with van der Waals surface area (Å²) in [6.45, 7) is 2.07. The third kappa shape index (κ3) is 2.47. The van der Waals surface area contributed by atoms with Crippen molar-refractivity contribution >= 4 is 17.2 Å². The Morgan fingerprint density at radius 2 is 2.29 bits per heavy atom. The number of hydrogen-bond acceptors (Lipinski definition) is 5. The van der Waals surface area contributed by atoms with Gasteiger partial charge >= 0.3 is 0 Å². The van der Waals surface area contributed by atoms with Crippen molar-refractivity contribution in [3.05, 3.63) is 29.2 Å². The predicted octanol–water partition coefficient (Wildman–Crippen LogP) is 1.84. The van der Waals surface area contributed by atoms with E-state index in [1.807, 2.05) is 0 Å². The summed E-state index contributed by atoms with van der Waals surface area (Å²) in [4.78, 5) is 13.4. The number of rotatable bonds is 4. The highest BCUT2D eigenvalue weighted by molar-refractivity contribution is 7.17. The molecule has 0 aliphatic rings. The fourth-order valence-electron chi connectivity index (χ4n) is 1.49. The molecule has 17 heavy (non-hydrogen) atoms. The first kappa shape index (κ1) is 11.7. The van der Waals surface area contributed by atoms with Crippen molar-refractivity contribution in [3.8, 4) is 10.7 Å². The van der Waals surface area contributed by atoms with E-state index in [1.165, 1.54) is 11.3 Å². The van der Waals surface area contributed by atoms with Crippen molar-refractivity contribution in [2.24, 2.45) is 5.73 Å². The molecule has 3 N–H and O–H groups in total. The summed E-state index contributed by atoms with van der Waals surface area (Å²) in [6, 6.07) is 0. The average Bonchev–Trinajstić information content (AvgIpc) is 2.75. The van der Waals surface area contributed by atoms with Crippen LogP contribution in [-0.2, 0) is 6.42 Å². The van der Waals surface area contributed by atoms with E-state index in [4.69, 9.17) is 11.1 Å². The lowest BCUT2D eigenvalue weighted by molar-refractivity contribution is 0.890.